The number of amides is 3. The number of nitrogens with one attached hydrogen (secondary N) is 3. The van der Waals surface area contributed by atoms with Crippen molar-refractivity contribution in [1.29, 1.82) is 0 Å². The molecule has 0 aliphatic carbocycles. The van der Waals surface area contributed by atoms with Crippen LogP contribution >= 0.6 is 12.6 Å². The predicted molar refractivity (Wildman–Crippen MR) is 120 cm³/mol. The number of thiol groups is 1. The van der Waals surface area contributed by atoms with Crippen LogP contribution in [0.3, 0.4) is 0 Å². The number of nitrogens with two attached hydrogens (primary N) is 2. The topological polar surface area (TPSA) is 214 Å². The molecule has 9 N–H and O–H groups in total. The highest BCUT2D eigenvalue weighted by molar-refractivity contribution is 7.80. The number of unbranched alkanes of at least 4 members (excludes halogenated alkanes) is 1. The summed E-state index contributed by atoms with van der Waals surface area (Å²) in [4.78, 5) is 59.5. The second-order valence-electron chi connectivity index (χ2n) is 7.69. The summed E-state index contributed by atoms with van der Waals surface area (Å²) < 4.78 is 0. The third-order valence-electron chi connectivity index (χ3n) is 4.68. The maximum atomic E-state index is 12.8. The maximum absolute atomic E-state index is 12.8. The van der Waals surface area contributed by atoms with E-state index in [0.29, 0.717) is 19.4 Å². The van der Waals surface area contributed by atoms with Crippen molar-refractivity contribution in [1.82, 2.24) is 16.0 Å². The van der Waals surface area contributed by atoms with Crippen molar-refractivity contribution >= 4 is 42.3 Å². The van der Waals surface area contributed by atoms with Crippen LogP contribution in [0.1, 0.15) is 46.0 Å². The van der Waals surface area contributed by atoms with Crippen LogP contribution in [0, 0.1) is 5.92 Å². The van der Waals surface area contributed by atoms with E-state index in [9.17, 15) is 29.1 Å². The molecule has 0 aliphatic rings. The van der Waals surface area contributed by atoms with E-state index < -0.39 is 60.2 Å². The zero-order valence-corrected chi connectivity index (χ0v) is 19.3. The molecule has 184 valence electrons. The third kappa shape index (κ3) is 11.3. The van der Waals surface area contributed by atoms with Gasteiger partial charge >= 0.3 is 11.9 Å². The van der Waals surface area contributed by atoms with Gasteiger partial charge in [0.2, 0.25) is 17.7 Å². The molecule has 0 heterocycles. The Kier molecular flexibility index (Phi) is 14.3. The summed E-state index contributed by atoms with van der Waals surface area (Å²) in [5.41, 5.74) is 11.3. The van der Waals surface area contributed by atoms with Crippen LogP contribution in [0.15, 0.2) is 0 Å². The zero-order valence-electron chi connectivity index (χ0n) is 18.4. The Morgan fingerprint density at radius 1 is 0.844 bits per heavy atom. The lowest BCUT2D eigenvalue weighted by Gasteiger charge is -2.25. The van der Waals surface area contributed by atoms with Gasteiger partial charge in [-0.05, 0) is 38.1 Å². The molecule has 0 fully saturated rings. The number of carboxylic acid groups (broad SMARTS) is 2. The molecule has 0 aromatic rings. The predicted octanol–water partition coefficient (Wildman–Crippen LogP) is -1.57. The molecule has 0 rings (SSSR count). The smallest absolute Gasteiger partial charge is 0.326 e. The van der Waals surface area contributed by atoms with Crippen molar-refractivity contribution in [2.45, 2.75) is 70.1 Å². The van der Waals surface area contributed by atoms with Gasteiger partial charge in [0.05, 0.1) is 6.04 Å². The average Bonchev–Trinajstić information content (AvgIpc) is 2.72. The SMILES string of the molecule is CC(C)C(N)C(=O)NC(CCCCN)C(=O)NC(CS)C(=O)NC(CCC(=O)O)C(=O)O. The van der Waals surface area contributed by atoms with E-state index in [1.165, 1.54) is 0 Å². The van der Waals surface area contributed by atoms with Gasteiger partial charge < -0.3 is 37.6 Å². The minimum absolute atomic E-state index is 0.155. The van der Waals surface area contributed by atoms with Gasteiger partial charge in [-0.2, -0.15) is 12.6 Å². The summed E-state index contributed by atoms with van der Waals surface area (Å²) in [7, 11) is 0. The van der Waals surface area contributed by atoms with Gasteiger partial charge in [0.15, 0.2) is 0 Å². The number of hydrogen-bond acceptors (Lipinski definition) is 8. The Hall–Kier alpha value is -2.38. The first-order valence-electron chi connectivity index (χ1n) is 10.4. The summed E-state index contributed by atoms with van der Waals surface area (Å²) in [6.45, 7) is 3.93. The highest BCUT2D eigenvalue weighted by Gasteiger charge is 2.30. The van der Waals surface area contributed by atoms with Crippen LogP contribution in [-0.4, -0.2) is 76.3 Å². The van der Waals surface area contributed by atoms with Gasteiger partial charge in [-0.3, -0.25) is 19.2 Å². The van der Waals surface area contributed by atoms with Gasteiger partial charge in [-0.15, -0.1) is 0 Å². The van der Waals surface area contributed by atoms with Crippen molar-refractivity contribution in [3.05, 3.63) is 0 Å². The second kappa shape index (κ2) is 15.4. The fraction of sp³-hybridized carbons (Fsp3) is 0.737. The molecule has 4 unspecified atom stereocenters. The molecule has 4 atom stereocenters. The molecule has 0 saturated carbocycles. The zero-order chi connectivity index (χ0) is 24.8. The Balaban J connectivity index is 5.24. The molecular formula is C19H35N5O7S. The van der Waals surface area contributed by atoms with Gasteiger partial charge in [0.1, 0.15) is 18.1 Å². The summed E-state index contributed by atoms with van der Waals surface area (Å²) in [5.74, 6) is -4.93. The molecule has 0 aromatic heterocycles. The van der Waals surface area contributed by atoms with Crippen molar-refractivity contribution in [2.24, 2.45) is 17.4 Å². The monoisotopic (exact) mass is 477 g/mol. The summed E-state index contributed by atoms with van der Waals surface area (Å²) >= 11 is 4.03. The van der Waals surface area contributed by atoms with Gasteiger partial charge in [-0.25, -0.2) is 4.79 Å². The molecule has 0 aromatic carbocycles. The van der Waals surface area contributed by atoms with Crippen LogP contribution in [0.4, 0.5) is 0 Å². The number of aliphatic carboxylic acids is 2. The molecule has 12 nitrogen and oxygen atoms in total. The van der Waals surface area contributed by atoms with E-state index in [1.807, 2.05) is 0 Å². The van der Waals surface area contributed by atoms with E-state index in [1.54, 1.807) is 13.8 Å². The van der Waals surface area contributed by atoms with Gasteiger partial charge in [0, 0.05) is 12.2 Å². The highest BCUT2D eigenvalue weighted by Crippen LogP contribution is 2.06. The van der Waals surface area contributed by atoms with Crippen LogP contribution < -0.4 is 27.4 Å². The molecular weight excluding hydrogens is 442 g/mol. The third-order valence-corrected chi connectivity index (χ3v) is 5.04. The van der Waals surface area contributed by atoms with Crippen molar-refractivity contribution in [3.8, 4) is 0 Å². The normalized spacial score (nSPS) is 14.7. The molecule has 0 bridgehead atoms. The Morgan fingerprint density at radius 2 is 1.38 bits per heavy atom. The van der Waals surface area contributed by atoms with Crippen molar-refractivity contribution < 1.29 is 34.2 Å². The molecule has 3 amide bonds. The van der Waals surface area contributed by atoms with Crippen LogP contribution in [0.5, 0.6) is 0 Å². The quantitative estimate of drug-likeness (QED) is 0.0950. The Labute approximate surface area is 192 Å². The largest absolute Gasteiger partial charge is 0.481 e. The highest BCUT2D eigenvalue weighted by atomic mass is 32.1. The molecule has 13 heteroatoms. The number of carbonyl (C=O) groups is 5. The van der Waals surface area contributed by atoms with Crippen molar-refractivity contribution in [2.75, 3.05) is 12.3 Å². The van der Waals surface area contributed by atoms with E-state index in [-0.39, 0.29) is 24.5 Å². The number of carbonyl (C=O) groups excluding carboxylic acids is 3. The van der Waals surface area contributed by atoms with Crippen molar-refractivity contribution in [3.63, 3.8) is 0 Å². The van der Waals surface area contributed by atoms with E-state index in [0.717, 1.165) is 0 Å². The van der Waals surface area contributed by atoms with Gasteiger partial charge in [-0.1, -0.05) is 13.8 Å². The van der Waals surface area contributed by atoms with Crippen LogP contribution in [0.25, 0.3) is 0 Å². The lowest BCUT2D eigenvalue weighted by molar-refractivity contribution is -0.143. The average molecular weight is 478 g/mol. The van der Waals surface area contributed by atoms with E-state index in [2.05, 4.69) is 28.6 Å². The number of rotatable bonds is 16. The minimum Gasteiger partial charge on any atom is -0.481 e. The summed E-state index contributed by atoms with van der Waals surface area (Å²) in [6.07, 6.45) is 0.641. The lowest BCUT2D eigenvalue weighted by Crippen LogP contribution is -2.58. The standard InChI is InChI=1S/C19H35N5O7S/c1-10(2)15(21)18(29)22-11(5-3-4-8-20)16(27)24-13(9-32)17(28)23-12(19(30)31)6-7-14(25)26/h10-13,15,32H,3-9,20-21H2,1-2H3,(H,22,29)(H,23,28)(H,24,27)(H,25,26)(H,30,31). The fourth-order valence-corrected chi connectivity index (χ4v) is 2.85. The molecule has 32 heavy (non-hydrogen) atoms. The summed E-state index contributed by atoms with van der Waals surface area (Å²) in [5, 5.41) is 25.2. The first kappa shape index (κ1) is 29.6. The molecule has 0 spiro atoms. The molecule has 0 saturated heterocycles. The van der Waals surface area contributed by atoms with E-state index in [4.69, 9.17) is 16.6 Å². The fourth-order valence-electron chi connectivity index (χ4n) is 2.60. The van der Waals surface area contributed by atoms with E-state index >= 15 is 0 Å². The first-order valence-corrected chi connectivity index (χ1v) is 11.0. The van der Waals surface area contributed by atoms with Crippen LogP contribution in [-0.2, 0) is 24.0 Å². The first-order chi connectivity index (χ1) is 14.9. The minimum atomic E-state index is -1.44. The lowest BCUT2D eigenvalue weighted by atomic mass is 10.0. The summed E-state index contributed by atoms with van der Waals surface area (Å²) in [6, 6.07) is -4.45. The van der Waals surface area contributed by atoms with Gasteiger partial charge in [0.25, 0.3) is 0 Å². The van der Waals surface area contributed by atoms with Crippen LogP contribution in [0.2, 0.25) is 0 Å². The number of hydrogen-bond donors (Lipinski definition) is 8. The Morgan fingerprint density at radius 3 is 1.84 bits per heavy atom. The molecule has 0 radical (unpaired) electrons. The second-order valence-corrected chi connectivity index (χ2v) is 8.06. The molecule has 0 aliphatic heterocycles. The maximum Gasteiger partial charge on any atom is 0.326 e. The Bertz CT molecular complexity index is 662. The number of carboxylic acids is 2.